The molecule has 17 heavy (non-hydrogen) atoms. The predicted molar refractivity (Wildman–Crippen MR) is 74.0 cm³/mol. The van der Waals surface area contributed by atoms with Crippen LogP contribution in [-0.4, -0.2) is 32.5 Å². The van der Waals surface area contributed by atoms with Crippen molar-refractivity contribution in [1.29, 1.82) is 0 Å². The van der Waals surface area contributed by atoms with Crippen molar-refractivity contribution in [1.82, 2.24) is 5.32 Å². The molecule has 0 aliphatic carbocycles. The van der Waals surface area contributed by atoms with Gasteiger partial charge in [0, 0.05) is 12.5 Å². The maximum atomic E-state index is 11.2. The van der Waals surface area contributed by atoms with Gasteiger partial charge in [0.15, 0.2) is 9.84 Å². The van der Waals surface area contributed by atoms with Crippen LogP contribution in [0.1, 0.15) is 27.7 Å². The topological polar surface area (TPSA) is 58.5 Å². The molecule has 0 atom stereocenters. The van der Waals surface area contributed by atoms with Crippen LogP contribution in [0.2, 0.25) is 0 Å². The summed E-state index contributed by atoms with van der Waals surface area (Å²) < 4.78 is 22.5. The summed E-state index contributed by atoms with van der Waals surface area (Å²) in [6, 6.07) is 0. The molecule has 1 N–H and O–H groups in total. The third-order valence-electron chi connectivity index (χ3n) is 2.42. The van der Waals surface area contributed by atoms with Crippen LogP contribution in [0, 0.1) is 0 Å². The first kappa shape index (κ1) is 16.1. The zero-order valence-corrected chi connectivity index (χ0v) is 12.1. The van der Waals surface area contributed by atoms with Gasteiger partial charge >= 0.3 is 0 Å². The van der Waals surface area contributed by atoms with Gasteiger partial charge in [-0.2, -0.15) is 0 Å². The molecule has 0 saturated carbocycles. The van der Waals surface area contributed by atoms with Crippen molar-refractivity contribution in [3.05, 3.63) is 23.8 Å². The maximum Gasteiger partial charge on any atom is 0.172 e. The summed E-state index contributed by atoms with van der Waals surface area (Å²) in [5, 5.41) is 3.25. The molecule has 0 radical (unpaired) electrons. The quantitative estimate of drug-likeness (QED) is 0.740. The number of nitrogens with zero attached hydrogens (tertiary/aromatic N) is 1. The number of hydrogen-bond acceptors (Lipinski definition) is 4. The zero-order valence-electron chi connectivity index (χ0n) is 11.2. The van der Waals surface area contributed by atoms with Gasteiger partial charge in [0.05, 0.1) is 16.2 Å². The van der Waals surface area contributed by atoms with E-state index in [9.17, 15) is 8.42 Å². The third kappa shape index (κ3) is 5.28. The second-order valence-electron chi connectivity index (χ2n) is 4.39. The summed E-state index contributed by atoms with van der Waals surface area (Å²) in [5.74, 6) is 0. The Morgan fingerprint density at radius 1 is 1.47 bits per heavy atom. The second kappa shape index (κ2) is 6.12. The highest BCUT2D eigenvalue weighted by Crippen LogP contribution is 2.09. The van der Waals surface area contributed by atoms with Crippen LogP contribution in [0.4, 0.5) is 0 Å². The van der Waals surface area contributed by atoms with E-state index in [2.05, 4.69) is 16.9 Å². The number of allylic oxidation sites excluding steroid dienone is 1. The van der Waals surface area contributed by atoms with Gasteiger partial charge in [-0.3, -0.25) is 4.99 Å². The van der Waals surface area contributed by atoms with E-state index in [0.717, 1.165) is 12.8 Å². The van der Waals surface area contributed by atoms with Crippen LogP contribution in [0.3, 0.4) is 0 Å². The lowest BCUT2D eigenvalue weighted by atomic mass is 9.98. The molecular formula is C12H22N2O2S. The molecule has 4 nitrogen and oxygen atoms in total. The van der Waals surface area contributed by atoms with Crippen LogP contribution in [0.5, 0.6) is 0 Å². The maximum absolute atomic E-state index is 11.2. The van der Waals surface area contributed by atoms with Gasteiger partial charge in [0.2, 0.25) is 0 Å². The first-order valence-electron chi connectivity index (χ1n) is 5.47. The minimum Gasteiger partial charge on any atom is -0.307 e. The molecule has 0 aromatic carbocycles. The average molecular weight is 258 g/mol. The van der Waals surface area contributed by atoms with Gasteiger partial charge in [-0.15, -0.1) is 0 Å². The monoisotopic (exact) mass is 258 g/mol. The van der Waals surface area contributed by atoms with E-state index in [-0.39, 0.29) is 10.4 Å². The predicted octanol–water partition coefficient (Wildman–Crippen LogP) is 1.91. The molecule has 5 heteroatoms. The SMILES string of the molecule is C=C/C(=N\C=C(/C)S(C)(=O)=O)C(C)(C)NCC. The van der Waals surface area contributed by atoms with Gasteiger partial charge < -0.3 is 5.32 Å². The minimum absolute atomic E-state index is 0.240. The number of sulfone groups is 1. The Morgan fingerprint density at radius 3 is 2.35 bits per heavy atom. The molecule has 0 aliphatic rings. The van der Waals surface area contributed by atoms with Gasteiger partial charge in [-0.05, 0) is 33.4 Å². The number of nitrogens with one attached hydrogen (secondary N) is 1. The fraction of sp³-hybridized carbons (Fsp3) is 0.583. The van der Waals surface area contributed by atoms with E-state index < -0.39 is 9.84 Å². The second-order valence-corrected chi connectivity index (χ2v) is 6.57. The van der Waals surface area contributed by atoms with E-state index in [4.69, 9.17) is 0 Å². The van der Waals surface area contributed by atoms with Crippen molar-refractivity contribution >= 4 is 15.5 Å². The molecule has 98 valence electrons. The standard InChI is InChI=1S/C12H22N2O2S/c1-7-11(12(4,5)14-8-2)13-9-10(3)17(6,15)16/h7,9,14H,1,8H2,2-6H3/b10-9+,13-11+. The summed E-state index contributed by atoms with van der Waals surface area (Å²) in [5.41, 5.74) is 0.382. The van der Waals surface area contributed by atoms with Crippen LogP contribution in [-0.2, 0) is 9.84 Å². The van der Waals surface area contributed by atoms with Gasteiger partial charge in [0.25, 0.3) is 0 Å². The van der Waals surface area contributed by atoms with Crippen molar-refractivity contribution in [2.75, 3.05) is 12.8 Å². The molecule has 0 aliphatic heterocycles. The molecular weight excluding hydrogens is 236 g/mol. The summed E-state index contributed by atoms with van der Waals surface area (Å²) in [4.78, 5) is 4.43. The number of rotatable bonds is 6. The normalized spacial score (nSPS) is 14.9. The van der Waals surface area contributed by atoms with E-state index in [0.29, 0.717) is 5.71 Å². The molecule has 0 fully saturated rings. The van der Waals surface area contributed by atoms with Crippen LogP contribution in [0.15, 0.2) is 28.8 Å². The van der Waals surface area contributed by atoms with Gasteiger partial charge in [0.1, 0.15) is 0 Å². The molecule has 0 heterocycles. The zero-order chi connectivity index (χ0) is 13.7. The Morgan fingerprint density at radius 2 is 2.00 bits per heavy atom. The summed E-state index contributed by atoms with van der Waals surface area (Å²) >= 11 is 0. The fourth-order valence-corrected chi connectivity index (χ4v) is 1.50. The molecule has 0 unspecified atom stereocenters. The van der Waals surface area contributed by atoms with E-state index in [1.165, 1.54) is 13.1 Å². The Kier molecular flexibility index (Phi) is 5.78. The Hall–Kier alpha value is -0.940. The number of aliphatic imine (C=N–C) groups is 1. The lowest BCUT2D eigenvalue weighted by Crippen LogP contribution is -2.45. The molecule has 0 saturated heterocycles. The third-order valence-corrected chi connectivity index (χ3v) is 3.70. The summed E-state index contributed by atoms with van der Waals surface area (Å²) in [7, 11) is -3.17. The highest BCUT2D eigenvalue weighted by atomic mass is 32.2. The van der Waals surface area contributed by atoms with Crippen molar-refractivity contribution in [2.24, 2.45) is 4.99 Å². The van der Waals surface area contributed by atoms with Gasteiger partial charge in [-0.1, -0.05) is 13.5 Å². The molecule has 0 aromatic rings. The molecule has 0 rings (SSSR count). The van der Waals surface area contributed by atoms with Crippen molar-refractivity contribution < 1.29 is 8.42 Å². The average Bonchev–Trinajstić information content (AvgIpc) is 2.16. The minimum atomic E-state index is -3.17. The molecule has 0 spiro atoms. The van der Waals surface area contributed by atoms with Crippen LogP contribution < -0.4 is 5.32 Å². The summed E-state index contributed by atoms with van der Waals surface area (Å²) in [6.07, 6.45) is 4.16. The number of hydrogen-bond donors (Lipinski definition) is 1. The molecule has 0 aromatic heterocycles. The highest BCUT2D eigenvalue weighted by Gasteiger charge is 2.20. The molecule has 0 bridgehead atoms. The fourth-order valence-electron chi connectivity index (χ4n) is 1.26. The largest absolute Gasteiger partial charge is 0.307 e. The van der Waals surface area contributed by atoms with Crippen molar-refractivity contribution in [3.63, 3.8) is 0 Å². The Labute approximate surface area is 104 Å². The van der Waals surface area contributed by atoms with Crippen LogP contribution in [0.25, 0.3) is 0 Å². The van der Waals surface area contributed by atoms with Crippen molar-refractivity contribution in [2.45, 2.75) is 33.2 Å². The lowest BCUT2D eigenvalue weighted by molar-refractivity contribution is 0.525. The highest BCUT2D eigenvalue weighted by molar-refractivity contribution is 7.94. The van der Waals surface area contributed by atoms with Crippen LogP contribution >= 0.6 is 0 Å². The Bertz CT molecular complexity index is 431. The smallest absolute Gasteiger partial charge is 0.172 e. The first-order chi connectivity index (χ1) is 7.65. The Balaban J connectivity index is 5.23. The first-order valence-corrected chi connectivity index (χ1v) is 7.37. The van der Waals surface area contributed by atoms with Gasteiger partial charge in [-0.25, -0.2) is 8.42 Å². The van der Waals surface area contributed by atoms with E-state index in [1.807, 2.05) is 20.8 Å². The molecule has 0 amide bonds. The van der Waals surface area contributed by atoms with Crippen molar-refractivity contribution in [3.8, 4) is 0 Å². The lowest BCUT2D eigenvalue weighted by Gasteiger charge is -2.25. The summed E-state index contributed by atoms with van der Waals surface area (Å²) in [6.45, 7) is 12.0. The van der Waals surface area contributed by atoms with E-state index in [1.54, 1.807) is 6.08 Å². The van der Waals surface area contributed by atoms with E-state index >= 15 is 0 Å².